The van der Waals surface area contributed by atoms with Crippen LogP contribution in [0.25, 0.3) is 20.7 Å². The molecule has 0 spiro atoms. The van der Waals surface area contributed by atoms with Crippen LogP contribution < -0.4 is 15.4 Å². The van der Waals surface area contributed by atoms with Crippen LogP contribution in [-0.2, 0) is 20.7 Å². The third-order valence-electron chi connectivity index (χ3n) is 8.15. The maximum Gasteiger partial charge on any atom is 0.407 e. The Morgan fingerprint density at radius 2 is 1.69 bits per heavy atom. The van der Waals surface area contributed by atoms with Crippen molar-refractivity contribution >= 4 is 50.8 Å². The van der Waals surface area contributed by atoms with Crippen molar-refractivity contribution in [1.82, 2.24) is 9.88 Å². The predicted molar refractivity (Wildman–Crippen MR) is 182 cm³/mol. The summed E-state index contributed by atoms with van der Waals surface area (Å²) >= 11 is 1.45. The predicted octanol–water partition coefficient (Wildman–Crippen LogP) is 7.42. The van der Waals surface area contributed by atoms with Crippen molar-refractivity contribution in [2.45, 2.75) is 19.3 Å². The summed E-state index contributed by atoms with van der Waals surface area (Å²) in [6, 6.07) is 24.5. The van der Waals surface area contributed by atoms with Gasteiger partial charge in [0, 0.05) is 54.8 Å². The molecule has 246 valence electrons. The van der Waals surface area contributed by atoms with Gasteiger partial charge in [0.25, 0.3) is 0 Å². The lowest BCUT2D eigenvalue weighted by Gasteiger charge is -2.18. The number of nitrogens with zero attached hydrogens (tertiary/aromatic N) is 2. The molecule has 1 saturated carbocycles. The average Bonchev–Trinajstić information content (AvgIpc) is 3.79. The van der Waals surface area contributed by atoms with Crippen molar-refractivity contribution in [1.29, 1.82) is 0 Å². The standard InChI is InChI=1S/C36H33FN4O6S/c1-46-19-18-41(35(44)45)17-13-23-6-5-7-24(20-23)31-22-28-32(48-31)30(12-16-38-28)47-29-11-10-26(21-27(29)37)40-34(43)36(14-15-36)33(42)39-25-8-3-2-4-9-25/h2-12,16,20-22H,13-15,17-19H2,1H3,(H,39,42)(H,40,43)(H,44,45). The van der Waals surface area contributed by atoms with Gasteiger partial charge in [0.05, 0.1) is 16.8 Å². The summed E-state index contributed by atoms with van der Waals surface area (Å²) in [4.78, 5) is 44.2. The zero-order valence-electron chi connectivity index (χ0n) is 26.1. The maximum atomic E-state index is 15.3. The molecule has 3 N–H and O–H groups in total. The molecule has 0 atom stereocenters. The Bertz CT molecular complexity index is 1960. The number of halogens is 1. The Labute approximate surface area is 280 Å². The van der Waals surface area contributed by atoms with Crippen molar-refractivity contribution in [2.75, 3.05) is 37.4 Å². The second kappa shape index (κ2) is 14.2. The second-order valence-electron chi connectivity index (χ2n) is 11.5. The van der Waals surface area contributed by atoms with Gasteiger partial charge >= 0.3 is 6.09 Å². The van der Waals surface area contributed by atoms with E-state index in [-0.39, 0.29) is 11.4 Å². The average molecular weight is 669 g/mol. The molecule has 1 aliphatic rings. The minimum Gasteiger partial charge on any atom is -0.465 e. The van der Waals surface area contributed by atoms with E-state index in [0.29, 0.717) is 55.9 Å². The highest BCUT2D eigenvalue weighted by Crippen LogP contribution is 2.48. The van der Waals surface area contributed by atoms with Gasteiger partial charge in [0.1, 0.15) is 11.2 Å². The van der Waals surface area contributed by atoms with E-state index in [2.05, 4.69) is 15.6 Å². The molecule has 5 aromatic rings. The van der Waals surface area contributed by atoms with Gasteiger partial charge < -0.3 is 30.1 Å². The van der Waals surface area contributed by atoms with Crippen LogP contribution in [0.15, 0.2) is 91.1 Å². The number of aromatic nitrogens is 1. The number of carbonyl (C=O) groups excluding carboxylic acids is 2. The summed E-state index contributed by atoms with van der Waals surface area (Å²) in [7, 11) is 1.54. The zero-order chi connectivity index (χ0) is 33.7. The highest BCUT2D eigenvalue weighted by atomic mass is 32.1. The summed E-state index contributed by atoms with van der Waals surface area (Å²) in [6.07, 6.45) is 1.96. The van der Waals surface area contributed by atoms with E-state index in [4.69, 9.17) is 9.47 Å². The molecule has 2 heterocycles. The van der Waals surface area contributed by atoms with Crippen molar-refractivity contribution < 1.29 is 33.4 Å². The highest BCUT2D eigenvalue weighted by Gasteiger charge is 2.56. The number of pyridine rings is 1. The van der Waals surface area contributed by atoms with Gasteiger partial charge in [-0.05, 0) is 60.7 Å². The number of amides is 3. The van der Waals surface area contributed by atoms with Crippen LogP contribution in [0.5, 0.6) is 11.5 Å². The van der Waals surface area contributed by atoms with Crippen LogP contribution in [0.3, 0.4) is 0 Å². The van der Waals surface area contributed by atoms with Gasteiger partial charge in [-0.3, -0.25) is 14.6 Å². The normalized spacial score (nSPS) is 13.1. The number of rotatable bonds is 13. The minimum atomic E-state index is -1.19. The number of anilines is 2. The van der Waals surface area contributed by atoms with E-state index in [1.165, 1.54) is 41.5 Å². The fourth-order valence-electron chi connectivity index (χ4n) is 5.27. The molecule has 3 amide bonds. The Balaban J connectivity index is 1.13. The molecule has 2 aromatic heterocycles. The fraction of sp³-hybridized carbons (Fsp3) is 0.222. The first-order valence-corrected chi connectivity index (χ1v) is 16.2. The number of fused-ring (bicyclic) bond motifs is 1. The molecule has 0 radical (unpaired) electrons. The number of carboxylic acid groups (broad SMARTS) is 1. The van der Waals surface area contributed by atoms with Gasteiger partial charge in [-0.25, -0.2) is 9.18 Å². The molecule has 1 aliphatic carbocycles. The highest BCUT2D eigenvalue weighted by molar-refractivity contribution is 7.22. The number of hydrogen-bond acceptors (Lipinski definition) is 7. The van der Waals surface area contributed by atoms with Crippen molar-refractivity contribution in [3.8, 4) is 21.9 Å². The lowest BCUT2D eigenvalue weighted by atomic mass is 10.0. The largest absolute Gasteiger partial charge is 0.465 e. The zero-order valence-corrected chi connectivity index (χ0v) is 26.9. The third kappa shape index (κ3) is 7.29. The number of hydrogen-bond donors (Lipinski definition) is 3. The van der Waals surface area contributed by atoms with Crippen molar-refractivity contribution in [3.63, 3.8) is 0 Å². The molecular weight excluding hydrogens is 635 g/mol. The van der Waals surface area contributed by atoms with E-state index in [0.717, 1.165) is 20.7 Å². The first-order chi connectivity index (χ1) is 23.3. The molecule has 48 heavy (non-hydrogen) atoms. The van der Waals surface area contributed by atoms with Gasteiger partial charge in [-0.1, -0.05) is 42.5 Å². The Morgan fingerprint density at radius 3 is 2.40 bits per heavy atom. The van der Waals surface area contributed by atoms with E-state index >= 15 is 4.39 Å². The van der Waals surface area contributed by atoms with Crippen LogP contribution in [0.2, 0.25) is 0 Å². The first kappa shape index (κ1) is 32.6. The van der Waals surface area contributed by atoms with E-state index < -0.39 is 29.1 Å². The number of nitrogens with one attached hydrogen (secondary N) is 2. The van der Waals surface area contributed by atoms with Crippen LogP contribution in [0, 0.1) is 11.2 Å². The monoisotopic (exact) mass is 668 g/mol. The lowest BCUT2D eigenvalue weighted by molar-refractivity contribution is -0.131. The number of carbonyl (C=O) groups is 3. The van der Waals surface area contributed by atoms with Crippen LogP contribution >= 0.6 is 11.3 Å². The van der Waals surface area contributed by atoms with Crippen molar-refractivity contribution in [3.05, 3.63) is 103 Å². The van der Waals surface area contributed by atoms with Crippen LogP contribution in [0.4, 0.5) is 20.6 Å². The lowest BCUT2D eigenvalue weighted by Crippen LogP contribution is -2.35. The summed E-state index contributed by atoms with van der Waals surface area (Å²) in [6.45, 7) is 0.960. The summed E-state index contributed by atoms with van der Waals surface area (Å²) in [5, 5.41) is 15.0. The van der Waals surface area contributed by atoms with Gasteiger partial charge in [-0.15, -0.1) is 11.3 Å². The van der Waals surface area contributed by atoms with Crippen molar-refractivity contribution in [2.24, 2.45) is 5.41 Å². The van der Waals surface area contributed by atoms with Gasteiger partial charge in [0.2, 0.25) is 11.8 Å². The molecule has 6 rings (SSSR count). The molecule has 12 heteroatoms. The fourth-order valence-corrected chi connectivity index (χ4v) is 6.33. The van der Waals surface area contributed by atoms with E-state index in [1.807, 2.05) is 36.4 Å². The maximum absolute atomic E-state index is 15.3. The van der Waals surface area contributed by atoms with E-state index in [1.54, 1.807) is 36.5 Å². The summed E-state index contributed by atoms with van der Waals surface area (Å²) < 4.78 is 27.0. The topological polar surface area (TPSA) is 130 Å². The van der Waals surface area contributed by atoms with Gasteiger partial charge in [0.15, 0.2) is 11.6 Å². The number of methoxy groups -OCH3 is 1. The third-order valence-corrected chi connectivity index (χ3v) is 9.34. The number of benzene rings is 3. The summed E-state index contributed by atoms with van der Waals surface area (Å²) in [5.74, 6) is -1.16. The second-order valence-corrected chi connectivity index (χ2v) is 12.5. The molecule has 0 bridgehead atoms. The first-order valence-electron chi connectivity index (χ1n) is 15.4. The quantitative estimate of drug-likeness (QED) is 0.111. The molecule has 10 nitrogen and oxygen atoms in total. The molecular formula is C36H33FN4O6S. The smallest absolute Gasteiger partial charge is 0.407 e. The van der Waals surface area contributed by atoms with E-state index in [9.17, 15) is 19.5 Å². The number of para-hydroxylation sites is 1. The molecule has 3 aromatic carbocycles. The molecule has 1 fully saturated rings. The molecule has 0 unspecified atom stereocenters. The molecule has 0 saturated heterocycles. The SMILES string of the molecule is COCCN(CCc1cccc(-c2cc3nccc(Oc4ccc(NC(=O)C5(C(=O)Nc6ccccc6)CC5)cc4F)c3s2)c1)C(=O)O. The number of ether oxygens (including phenoxy) is 2. The molecule has 0 aliphatic heterocycles. The van der Waals surface area contributed by atoms with Crippen LogP contribution in [-0.4, -0.2) is 59.7 Å². The summed E-state index contributed by atoms with van der Waals surface area (Å²) in [5.41, 5.74) is 2.23. The Kier molecular flexibility index (Phi) is 9.65. The van der Waals surface area contributed by atoms with Crippen LogP contribution in [0.1, 0.15) is 18.4 Å². The Hall–Kier alpha value is -5.33. The Morgan fingerprint density at radius 1 is 0.917 bits per heavy atom. The number of thiophene rings is 1. The van der Waals surface area contributed by atoms with Gasteiger partial charge in [-0.2, -0.15) is 0 Å². The minimum absolute atomic E-state index is 0.0307.